The molecule has 3 heteroatoms. The maximum Gasteiger partial charge on any atom is 0.152 e. The van der Waals surface area contributed by atoms with Crippen LogP contribution in [0.15, 0.2) is 146 Å². The minimum Gasteiger partial charge on any atom is -0.453 e. The quantitative estimate of drug-likeness (QED) is 0.239. The fourth-order valence-corrected chi connectivity index (χ4v) is 5.83. The molecule has 1 aromatic heterocycles. The summed E-state index contributed by atoms with van der Waals surface area (Å²) in [6.45, 7) is 0. The van der Waals surface area contributed by atoms with Gasteiger partial charge in [-0.2, -0.15) is 0 Å². The van der Waals surface area contributed by atoms with Crippen molar-refractivity contribution in [3.8, 4) is 28.3 Å². The summed E-state index contributed by atoms with van der Waals surface area (Å²) in [6, 6.07) is 48.4. The molecule has 39 heavy (non-hydrogen) atoms. The summed E-state index contributed by atoms with van der Waals surface area (Å²) in [5.74, 6) is 1.52. The minimum atomic E-state index is 0.437. The van der Waals surface area contributed by atoms with Gasteiger partial charge in [0, 0.05) is 27.8 Å². The van der Waals surface area contributed by atoms with E-state index in [1.807, 2.05) is 42.5 Å². The van der Waals surface area contributed by atoms with Crippen molar-refractivity contribution in [3.63, 3.8) is 0 Å². The van der Waals surface area contributed by atoms with Crippen LogP contribution in [0.25, 0.3) is 38.6 Å². The number of anilines is 3. The van der Waals surface area contributed by atoms with Crippen LogP contribution in [0, 0.1) is 0 Å². The summed E-state index contributed by atoms with van der Waals surface area (Å²) < 4.78 is 17.1. The van der Waals surface area contributed by atoms with Crippen LogP contribution in [-0.4, -0.2) is 4.57 Å². The highest BCUT2D eigenvalue weighted by atomic mass is 16.5. The predicted molar refractivity (Wildman–Crippen MR) is 161 cm³/mol. The van der Waals surface area contributed by atoms with Gasteiger partial charge in [-0.05, 0) is 71.8 Å². The van der Waals surface area contributed by atoms with Gasteiger partial charge in [0.15, 0.2) is 11.5 Å². The van der Waals surface area contributed by atoms with Gasteiger partial charge in [0.2, 0.25) is 0 Å². The molecular formula is C36H24N2O. The Morgan fingerprint density at radius 3 is 1.97 bits per heavy atom. The number of fused-ring (bicyclic) bond motifs is 5. The van der Waals surface area contributed by atoms with Crippen molar-refractivity contribution < 1.29 is 6.11 Å². The van der Waals surface area contributed by atoms with Crippen LogP contribution in [-0.2, 0) is 0 Å². The maximum absolute atomic E-state index is 8.53. The molecule has 1 aliphatic rings. The van der Waals surface area contributed by atoms with E-state index in [9.17, 15) is 0 Å². The standard InChI is InChI=1S/C36H24N2O/c1-3-11-26(12-4-1)37(27-13-5-2-6-14-27)28-23-21-25(22-24-28)29-15-9-18-32-35(29)30-16-10-20-34-36(30)38(32)31-17-7-8-19-33(31)39-34/h1-24H/i10D. The number of hydrogen-bond acceptors (Lipinski definition) is 2. The van der Waals surface area contributed by atoms with E-state index in [4.69, 9.17) is 6.11 Å². The molecule has 0 N–H and O–H groups in total. The summed E-state index contributed by atoms with van der Waals surface area (Å²) in [7, 11) is 0. The fourth-order valence-electron chi connectivity index (χ4n) is 5.83. The summed E-state index contributed by atoms with van der Waals surface area (Å²) in [4.78, 5) is 2.27. The number of hydrogen-bond donors (Lipinski definition) is 0. The van der Waals surface area contributed by atoms with Crippen LogP contribution >= 0.6 is 0 Å². The molecule has 0 bridgehead atoms. The zero-order valence-electron chi connectivity index (χ0n) is 22.1. The number of aromatic nitrogens is 1. The van der Waals surface area contributed by atoms with Crippen molar-refractivity contribution in [1.82, 2.24) is 4.57 Å². The number of rotatable bonds is 4. The van der Waals surface area contributed by atoms with Gasteiger partial charge in [0.05, 0.1) is 18.1 Å². The van der Waals surface area contributed by atoms with E-state index in [2.05, 4.69) is 107 Å². The molecule has 0 radical (unpaired) electrons. The lowest BCUT2D eigenvalue weighted by molar-refractivity contribution is 0.476. The third kappa shape index (κ3) is 3.37. The first-order valence-electron chi connectivity index (χ1n) is 13.6. The largest absolute Gasteiger partial charge is 0.453 e. The lowest BCUT2D eigenvalue weighted by atomic mass is 9.99. The number of benzene rings is 6. The van der Waals surface area contributed by atoms with Crippen LogP contribution < -0.4 is 9.64 Å². The van der Waals surface area contributed by atoms with Gasteiger partial charge >= 0.3 is 0 Å². The van der Waals surface area contributed by atoms with Gasteiger partial charge in [-0.25, -0.2) is 0 Å². The zero-order chi connectivity index (χ0) is 26.6. The highest BCUT2D eigenvalue weighted by molar-refractivity contribution is 6.17. The first-order chi connectivity index (χ1) is 19.8. The van der Waals surface area contributed by atoms with E-state index in [1.165, 1.54) is 0 Å². The molecule has 6 aromatic carbocycles. The molecule has 0 fully saturated rings. The average molecular weight is 502 g/mol. The lowest BCUT2D eigenvalue weighted by Gasteiger charge is -2.25. The molecule has 7 aromatic rings. The molecule has 184 valence electrons. The first-order valence-corrected chi connectivity index (χ1v) is 13.1. The van der Waals surface area contributed by atoms with Crippen molar-refractivity contribution in [1.29, 1.82) is 0 Å². The van der Waals surface area contributed by atoms with Gasteiger partial charge in [0.25, 0.3) is 0 Å². The van der Waals surface area contributed by atoms with E-state index in [0.29, 0.717) is 6.04 Å². The van der Waals surface area contributed by atoms with Crippen molar-refractivity contribution >= 4 is 38.9 Å². The summed E-state index contributed by atoms with van der Waals surface area (Å²) >= 11 is 0. The van der Waals surface area contributed by atoms with Gasteiger partial charge in [-0.3, -0.25) is 0 Å². The molecular weight excluding hydrogens is 476 g/mol. The first kappa shape index (κ1) is 20.7. The molecule has 8 rings (SSSR count). The molecule has 2 heterocycles. The van der Waals surface area contributed by atoms with E-state index in [1.54, 1.807) is 0 Å². The van der Waals surface area contributed by atoms with Gasteiger partial charge in [0.1, 0.15) is 0 Å². The van der Waals surface area contributed by atoms with E-state index < -0.39 is 0 Å². The Bertz CT molecular complexity index is 1990. The topological polar surface area (TPSA) is 17.4 Å². The smallest absolute Gasteiger partial charge is 0.152 e. The van der Waals surface area contributed by atoms with Crippen LogP contribution in [0.4, 0.5) is 17.1 Å². The van der Waals surface area contributed by atoms with Crippen LogP contribution in [0.5, 0.6) is 11.5 Å². The number of ether oxygens (including phenoxy) is 1. The SMILES string of the molecule is [2H]c1cc2c3c(c1)c1c(-c4ccc(N(c5ccccc5)c5ccccc5)cc4)cccc1n3-c1ccccc1O2. The van der Waals surface area contributed by atoms with Crippen molar-refractivity contribution in [3.05, 3.63) is 146 Å². The molecule has 0 spiro atoms. The molecule has 0 unspecified atom stereocenters. The van der Waals surface area contributed by atoms with Crippen LogP contribution in [0.1, 0.15) is 1.37 Å². The number of para-hydroxylation sites is 5. The normalized spacial score (nSPS) is 12.2. The molecule has 1 aliphatic heterocycles. The fraction of sp³-hybridized carbons (Fsp3) is 0. The van der Waals surface area contributed by atoms with Crippen molar-refractivity contribution in [2.75, 3.05) is 4.90 Å². The molecule has 0 saturated carbocycles. The van der Waals surface area contributed by atoms with E-state index in [-0.39, 0.29) is 0 Å². The van der Waals surface area contributed by atoms with Crippen LogP contribution in [0.2, 0.25) is 0 Å². The zero-order valence-corrected chi connectivity index (χ0v) is 21.1. The minimum absolute atomic E-state index is 0.437. The third-order valence-electron chi connectivity index (χ3n) is 7.50. The third-order valence-corrected chi connectivity index (χ3v) is 7.50. The Hall–Kier alpha value is -5.28. The maximum atomic E-state index is 8.53. The molecule has 0 aliphatic carbocycles. The highest BCUT2D eigenvalue weighted by Gasteiger charge is 2.24. The van der Waals surface area contributed by atoms with Gasteiger partial charge < -0.3 is 14.2 Å². The predicted octanol–water partition coefficient (Wildman–Crippen LogP) is 10.0. The molecule has 0 saturated heterocycles. The highest BCUT2D eigenvalue weighted by Crippen LogP contribution is 2.47. The van der Waals surface area contributed by atoms with Gasteiger partial charge in [-0.1, -0.05) is 84.9 Å². The molecule has 0 atom stereocenters. The van der Waals surface area contributed by atoms with Crippen LogP contribution in [0.3, 0.4) is 0 Å². The average Bonchev–Trinajstić information content (AvgIpc) is 3.34. The second-order valence-corrected chi connectivity index (χ2v) is 9.74. The Balaban J connectivity index is 1.32. The summed E-state index contributed by atoms with van der Waals surface area (Å²) in [5.41, 5.74) is 8.70. The lowest BCUT2D eigenvalue weighted by Crippen LogP contribution is -2.09. The van der Waals surface area contributed by atoms with Crippen molar-refractivity contribution in [2.45, 2.75) is 0 Å². The monoisotopic (exact) mass is 501 g/mol. The number of nitrogens with zero attached hydrogens (tertiary/aromatic N) is 2. The molecule has 3 nitrogen and oxygen atoms in total. The summed E-state index contributed by atoms with van der Waals surface area (Å²) in [5, 5.41) is 2.16. The van der Waals surface area contributed by atoms with E-state index in [0.717, 1.165) is 67.2 Å². The summed E-state index contributed by atoms with van der Waals surface area (Å²) in [6.07, 6.45) is 0. The van der Waals surface area contributed by atoms with Gasteiger partial charge in [-0.15, -0.1) is 0 Å². The van der Waals surface area contributed by atoms with Crippen molar-refractivity contribution in [2.24, 2.45) is 0 Å². The Morgan fingerprint density at radius 2 is 1.23 bits per heavy atom. The Kier molecular flexibility index (Phi) is 4.60. The van der Waals surface area contributed by atoms with E-state index >= 15 is 0 Å². The Labute approximate surface area is 228 Å². The Morgan fingerprint density at radius 1 is 0.564 bits per heavy atom. The molecule has 0 amide bonds. The second-order valence-electron chi connectivity index (χ2n) is 9.74. The second kappa shape index (κ2) is 8.64.